The highest BCUT2D eigenvalue weighted by molar-refractivity contribution is 5.93. The van der Waals surface area contributed by atoms with Gasteiger partial charge in [-0.05, 0) is 63.3 Å². The van der Waals surface area contributed by atoms with Crippen molar-refractivity contribution in [1.82, 2.24) is 19.6 Å². The molecule has 0 radical (unpaired) electrons. The van der Waals surface area contributed by atoms with E-state index in [2.05, 4.69) is 28.1 Å². The van der Waals surface area contributed by atoms with Crippen molar-refractivity contribution < 1.29 is 4.39 Å². The molecule has 5 nitrogen and oxygen atoms in total. The van der Waals surface area contributed by atoms with Crippen LogP contribution in [0.5, 0.6) is 0 Å². The molecule has 132 valence electrons. The molecule has 0 spiro atoms. The van der Waals surface area contributed by atoms with Gasteiger partial charge < -0.3 is 4.90 Å². The van der Waals surface area contributed by atoms with Crippen molar-refractivity contribution in [2.45, 2.75) is 39.5 Å². The molecule has 3 aromatic rings. The Morgan fingerprint density at radius 1 is 1.12 bits per heavy atom. The van der Waals surface area contributed by atoms with Crippen molar-refractivity contribution in [3.05, 3.63) is 52.8 Å². The molecule has 1 aliphatic heterocycles. The Bertz CT molecular complexity index is 1110. The van der Waals surface area contributed by atoms with Crippen molar-refractivity contribution in [2.24, 2.45) is 0 Å². The van der Waals surface area contributed by atoms with Crippen LogP contribution in [0.4, 0.5) is 10.2 Å². The first-order valence-corrected chi connectivity index (χ1v) is 9.11. The maximum Gasteiger partial charge on any atom is 0.257 e. The highest BCUT2D eigenvalue weighted by Gasteiger charge is 2.27. The van der Waals surface area contributed by atoms with E-state index >= 15 is 0 Å². The molecule has 0 atom stereocenters. The van der Waals surface area contributed by atoms with E-state index in [4.69, 9.17) is 4.98 Å². The number of hydrogen-bond acceptors (Lipinski definition) is 4. The predicted molar refractivity (Wildman–Crippen MR) is 99.6 cm³/mol. The van der Waals surface area contributed by atoms with Gasteiger partial charge in [0, 0.05) is 17.6 Å². The van der Waals surface area contributed by atoms with Crippen molar-refractivity contribution in [2.75, 3.05) is 11.4 Å². The third-order valence-corrected chi connectivity index (χ3v) is 5.49. The lowest BCUT2D eigenvalue weighted by molar-refractivity contribution is 0.629. The molecular formula is C20H20FN5. The smallest absolute Gasteiger partial charge is 0.257 e. The number of aromatic nitrogens is 4. The van der Waals surface area contributed by atoms with Gasteiger partial charge in [0.2, 0.25) is 0 Å². The number of hydrogen-bond donors (Lipinski definition) is 0. The summed E-state index contributed by atoms with van der Waals surface area (Å²) in [6, 6.07) is 4.85. The summed E-state index contributed by atoms with van der Waals surface area (Å²) in [7, 11) is 0. The summed E-state index contributed by atoms with van der Waals surface area (Å²) in [5, 5.41) is 9.17. The lowest BCUT2D eigenvalue weighted by atomic mass is 9.89. The van der Waals surface area contributed by atoms with Crippen LogP contribution in [0, 0.1) is 12.7 Å². The number of allylic oxidation sites excluding steroid dienone is 3. The topological polar surface area (TPSA) is 46.3 Å². The van der Waals surface area contributed by atoms with E-state index in [0.717, 1.165) is 54.8 Å². The summed E-state index contributed by atoms with van der Waals surface area (Å²) in [4.78, 5) is 7.03. The second-order valence-corrected chi connectivity index (χ2v) is 7.12. The number of benzene rings is 1. The van der Waals surface area contributed by atoms with Crippen LogP contribution in [-0.2, 0) is 0 Å². The molecule has 3 heterocycles. The molecule has 0 amide bonds. The third-order valence-electron chi connectivity index (χ3n) is 5.49. The quantitative estimate of drug-likeness (QED) is 0.656. The van der Waals surface area contributed by atoms with Crippen LogP contribution in [0.2, 0.25) is 0 Å². The molecule has 0 bridgehead atoms. The molecule has 0 unspecified atom stereocenters. The SMILES string of the molecule is CC1=C2CCCN(c3nc4nnc(C)n4c4ccc(F)cc34)C2=CCC1. The largest absolute Gasteiger partial charge is 0.326 e. The highest BCUT2D eigenvalue weighted by atomic mass is 19.1. The summed E-state index contributed by atoms with van der Waals surface area (Å²) in [5.41, 5.74) is 5.00. The van der Waals surface area contributed by atoms with Gasteiger partial charge >= 0.3 is 0 Å². The first kappa shape index (κ1) is 15.5. The van der Waals surface area contributed by atoms with Gasteiger partial charge in [-0.15, -0.1) is 10.2 Å². The molecule has 6 heteroatoms. The summed E-state index contributed by atoms with van der Waals surface area (Å²) < 4.78 is 16.0. The van der Waals surface area contributed by atoms with E-state index in [1.165, 1.54) is 22.9 Å². The summed E-state index contributed by atoms with van der Waals surface area (Å²) in [5.74, 6) is 1.83. The van der Waals surface area contributed by atoms with Crippen LogP contribution in [0.25, 0.3) is 16.7 Å². The molecule has 2 aromatic heterocycles. The summed E-state index contributed by atoms with van der Waals surface area (Å²) in [6.45, 7) is 4.99. The number of rotatable bonds is 1. The number of nitrogens with zero attached hydrogens (tertiary/aromatic N) is 5. The normalized spacial score (nSPS) is 17.8. The number of aryl methyl sites for hydroxylation is 1. The Kier molecular flexibility index (Phi) is 3.35. The minimum Gasteiger partial charge on any atom is -0.326 e. The van der Waals surface area contributed by atoms with Crippen LogP contribution in [-0.4, -0.2) is 26.1 Å². The van der Waals surface area contributed by atoms with E-state index in [0.29, 0.717) is 5.78 Å². The number of fused-ring (bicyclic) bond motifs is 4. The van der Waals surface area contributed by atoms with Gasteiger partial charge in [0.25, 0.3) is 5.78 Å². The van der Waals surface area contributed by atoms with Gasteiger partial charge in [0.15, 0.2) is 0 Å². The van der Waals surface area contributed by atoms with E-state index in [9.17, 15) is 4.39 Å². The van der Waals surface area contributed by atoms with Gasteiger partial charge in [-0.3, -0.25) is 4.40 Å². The first-order valence-electron chi connectivity index (χ1n) is 9.11. The van der Waals surface area contributed by atoms with Gasteiger partial charge in [0.05, 0.1) is 5.52 Å². The van der Waals surface area contributed by atoms with Crippen molar-refractivity contribution >= 4 is 22.5 Å². The van der Waals surface area contributed by atoms with Crippen molar-refractivity contribution in [1.29, 1.82) is 0 Å². The van der Waals surface area contributed by atoms with E-state index < -0.39 is 0 Å². The Balaban J connectivity index is 1.80. The molecule has 5 rings (SSSR count). The van der Waals surface area contributed by atoms with Crippen molar-refractivity contribution in [3.8, 4) is 0 Å². The minimum atomic E-state index is -0.257. The number of halogens is 1. The monoisotopic (exact) mass is 349 g/mol. The van der Waals surface area contributed by atoms with Crippen molar-refractivity contribution in [3.63, 3.8) is 0 Å². The Morgan fingerprint density at radius 3 is 2.88 bits per heavy atom. The minimum absolute atomic E-state index is 0.257. The van der Waals surface area contributed by atoms with Gasteiger partial charge in [-0.25, -0.2) is 4.39 Å². The first-order chi connectivity index (χ1) is 12.6. The maximum atomic E-state index is 14.1. The molecule has 0 saturated carbocycles. The van der Waals surface area contributed by atoms with E-state index in [1.807, 2.05) is 11.3 Å². The van der Waals surface area contributed by atoms with Gasteiger partial charge in [-0.1, -0.05) is 11.6 Å². The summed E-state index contributed by atoms with van der Waals surface area (Å²) >= 11 is 0. The molecule has 1 aliphatic carbocycles. The average molecular weight is 349 g/mol. The predicted octanol–water partition coefficient (Wildman–Crippen LogP) is 4.32. The molecule has 0 N–H and O–H groups in total. The zero-order valence-corrected chi connectivity index (χ0v) is 15.0. The van der Waals surface area contributed by atoms with Gasteiger partial charge in [-0.2, -0.15) is 4.98 Å². The molecule has 1 saturated heterocycles. The number of anilines is 1. The standard InChI is InChI=1S/C20H20FN5/c1-12-5-3-7-17-15(12)6-4-10-25(17)19-16-11-14(21)8-9-18(16)26-13(2)23-24-20(26)22-19/h7-9,11H,3-6,10H2,1-2H3. The average Bonchev–Trinajstić information content (AvgIpc) is 3.02. The zero-order valence-electron chi connectivity index (χ0n) is 15.0. The summed E-state index contributed by atoms with van der Waals surface area (Å²) in [6.07, 6.45) is 6.64. The molecular weight excluding hydrogens is 329 g/mol. The maximum absolute atomic E-state index is 14.1. The Morgan fingerprint density at radius 2 is 2.00 bits per heavy atom. The molecule has 1 aromatic carbocycles. The fraction of sp³-hybridized carbons (Fsp3) is 0.350. The van der Waals surface area contributed by atoms with E-state index in [1.54, 1.807) is 12.1 Å². The van der Waals surface area contributed by atoms with Crippen LogP contribution in [0.1, 0.15) is 38.4 Å². The van der Waals surface area contributed by atoms with Crippen LogP contribution in [0.15, 0.2) is 41.1 Å². The van der Waals surface area contributed by atoms with E-state index in [-0.39, 0.29) is 5.82 Å². The van der Waals surface area contributed by atoms with Crippen LogP contribution >= 0.6 is 0 Å². The fourth-order valence-corrected chi connectivity index (χ4v) is 4.24. The third kappa shape index (κ3) is 2.18. The molecule has 2 aliphatic rings. The number of piperidine rings is 1. The van der Waals surface area contributed by atoms with Crippen LogP contribution in [0.3, 0.4) is 0 Å². The molecule has 26 heavy (non-hydrogen) atoms. The fourth-order valence-electron chi connectivity index (χ4n) is 4.24. The second kappa shape index (κ2) is 5.62. The van der Waals surface area contributed by atoms with Crippen LogP contribution < -0.4 is 4.90 Å². The molecule has 1 fully saturated rings. The second-order valence-electron chi connectivity index (χ2n) is 7.12. The lowest BCUT2D eigenvalue weighted by Crippen LogP contribution is -2.31. The zero-order chi connectivity index (χ0) is 17.8. The Hall–Kier alpha value is -2.76. The van der Waals surface area contributed by atoms with Gasteiger partial charge in [0.1, 0.15) is 17.5 Å². The lowest BCUT2D eigenvalue weighted by Gasteiger charge is -2.36. The highest BCUT2D eigenvalue weighted by Crippen LogP contribution is 2.39. The Labute approximate surface area is 150 Å².